The van der Waals surface area contributed by atoms with Crippen LogP contribution in [0, 0.1) is 0 Å². The molecule has 1 N–H and O–H groups in total. The van der Waals surface area contributed by atoms with Gasteiger partial charge in [0.1, 0.15) is 4.90 Å². The molecule has 1 heterocycles. The van der Waals surface area contributed by atoms with Gasteiger partial charge in [-0.2, -0.15) is 0 Å². The van der Waals surface area contributed by atoms with Gasteiger partial charge in [0.25, 0.3) is 0 Å². The summed E-state index contributed by atoms with van der Waals surface area (Å²) in [6, 6.07) is 1.38. The normalized spacial score (nSPS) is 11.3. The van der Waals surface area contributed by atoms with Crippen LogP contribution in [0.15, 0.2) is 23.4 Å². The second-order valence-electron chi connectivity index (χ2n) is 3.70. The van der Waals surface area contributed by atoms with E-state index in [0.717, 1.165) is 6.20 Å². The number of carbonyl (C=O) groups excluding carboxylic acids is 1. The Bertz CT molecular complexity index is 544. The number of nitrogens with one attached hydrogen (secondary N) is 1. The highest BCUT2D eigenvalue weighted by Crippen LogP contribution is 2.18. The van der Waals surface area contributed by atoms with Crippen LogP contribution in [0.2, 0.25) is 5.02 Å². The quantitative estimate of drug-likeness (QED) is 0.846. The molecule has 6 nitrogen and oxygen atoms in total. The number of nitrogens with zero attached hydrogens (tertiary/aromatic N) is 2. The molecule has 0 aromatic carbocycles. The van der Waals surface area contributed by atoms with E-state index in [1.807, 2.05) is 13.8 Å². The maximum atomic E-state index is 12.0. The highest BCUT2D eigenvalue weighted by Gasteiger charge is 2.20. The average Bonchev–Trinajstić information content (AvgIpc) is 2.38. The van der Waals surface area contributed by atoms with Crippen molar-refractivity contribution >= 4 is 27.5 Å². The van der Waals surface area contributed by atoms with Crippen molar-refractivity contribution < 1.29 is 13.2 Å². The van der Waals surface area contributed by atoms with Crippen molar-refractivity contribution in [3.05, 3.63) is 23.5 Å². The lowest BCUT2D eigenvalue weighted by molar-refractivity contribution is -0.129. The lowest BCUT2D eigenvalue weighted by Crippen LogP contribution is -2.40. The Balaban J connectivity index is 2.77. The molecule has 1 rings (SSSR count). The molecule has 0 aliphatic heterocycles. The molecular formula is C11H16ClN3O3S. The summed E-state index contributed by atoms with van der Waals surface area (Å²) in [4.78, 5) is 16.8. The van der Waals surface area contributed by atoms with E-state index in [1.54, 1.807) is 0 Å². The predicted octanol–water partition coefficient (Wildman–Crippen LogP) is 0.882. The third-order valence-electron chi connectivity index (χ3n) is 2.55. The highest BCUT2D eigenvalue weighted by atomic mass is 35.5. The maximum absolute atomic E-state index is 12.0. The van der Waals surface area contributed by atoms with Gasteiger partial charge in [-0.25, -0.2) is 13.1 Å². The van der Waals surface area contributed by atoms with Crippen molar-refractivity contribution in [2.75, 3.05) is 19.6 Å². The molecule has 0 bridgehead atoms. The number of amides is 1. The number of likely N-dealkylation sites (N-methyl/N-ethyl adjacent to an activating group) is 1. The number of rotatable bonds is 6. The zero-order chi connectivity index (χ0) is 14.5. The van der Waals surface area contributed by atoms with Gasteiger partial charge in [0.15, 0.2) is 0 Å². The largest absolute Gasteiger partial charge is 0.342 e. The SMILES string of the molecule is CCN(CC)C(=O)CNS(=O)(=O)c1cnccc1Cl. The molecule has 0 fully saturated rings. The molecule has 1 aromatic heterocycles. The monoisotopic (exact) mass is 305 g/mol. The Hall–Kier alpha value is -1.18. The number of halogens is 1. The van der Waals surface area contributed by atoms with Crippen LogP contribution < -0.4 is 4.72 Å². The van der Waals surface area contributed by atoms with Gasteiger partial charge in [0, 0.05) is 25.5 Å². The van der Waals surface area contributed by atoms with Crippen LogP contribution in [0.3, 0.4) is 0 Å². The van der Waals surface area contributed by atoms with Crippen molar-refractivity contribution in [2.45, 2.75) is 18.7 Å². The molecule has 8 heteroatoms. The molecule has 0 unspecified atom stereocenters. The molecule has 0 saturated carbocycles. The second-order valence-corrected chi connectivity index (χ2v) is 5.84. The Kier molecular flexibility index (Phi) is 5.71. The number of aromatic nitrogens is 1. The van der Waals surface area contributed by atoms with E-state index in [9.17, 15) is 13.2 Å². The summed E-state index contributed by atoms with van der Waals surface area (Å²) >= 11 is 5.79. The molecule has 1 amide bonds. The maximum Gasteiger partial charge on any atom is 0.244 e. The van der Waals surface area contributed by atoms with Crippen LogP contribution in [0.1, 0.15) is 13.8 Å². The Morgan fingerprint density at radius 3 is 2.58 bits per heavy atom. The van der Waals surface area contributed by atoms with Gasteiger partial charge in [0.05, 0.1) is 11.6 Å². The zero-order valence-corrected chi connectivity index (χ0v) is 12.3. The summed E-state index contributed by atoms with van der Waals surface area (Å²) in [5, 5.41) is 0.0674. The van der Waals surface area contributed by atoms with Crippen molar-refractivity contribution in [1.82, 2.24) is 14.6 Å². The molecule has 19 heavy (non-hydrogen) atoms. The second kappa shape index (κ2) is 6.83. The summed E-state index contributed by atoms with van der Waals surface area (Å²) in [5.41, 5.74) is 0. The van der Waals surface area contributed by atoms with E-state index in [-0.39, 0.29) is 22.4 Å². The molecule has 0 spiro atoms. The molecule has 0 atom stereocenters. The van der Waals surface area contributed by atoms with E-state index in [4.69, 9.17) is 11.6 Å². The first-order valence-electron chi connectivity index (χ1n) is 5.79. The minimum atomic E-state index is -3.83. The molecule has 0 saturated heterocycles. The Morgan fingerprint density at radius 2 is 2.05 bits per heavy atom. The van der Waals surface area contributed by atoms with Gasteiger partial charge in [0.2, 0.25) is 15.9 Å². The molecule has 0 aliphatic rings. The number of hydrogen-bond acceptors (Lipinski definition) is 4. The summed E-state index contributed by atoms with van der Waals surface area (Å²) in [6.45, 7) is 4.42. The van der Waals surface area contributed by atoms with Crippen molar-refractivity contribution in [3.8, 4) is 0 Å². The minimum absolute atomic E-state index is 0.0674. The lowest BCUT2D eigenvalue weighted by Gasteiger charge is -2.18. The van der Waals surface area contributed by atoms with Gasteiger partial charge in [-0.3, -0.25) is 9.78 Å². The fraction of sp³-hybridized carbons (Fsp3) is 0.455. The first-order chi connectivity index (χ1) is 8.92. The first-order valence-corrected chi connectivity index (χ1v) is 7.65. The van der Waals surface area contributed by atoms with Crippen LogP contribution in [-0.4, -0.2) is 43.8 Å². The molecule has 0 aliphatic carbocycles. The predicted molar refractivity (Wildman–Crippen MR) is 72.4 cm³/mol. The summed E-state index contributed by atoms with van der Waals surface area (Å²) in [6.07, 6.45) is 2.54. The van der Waals surface area contributed by atoms with Crippen LogP contribution in [0.4, 0.5) is 0 Å². The van der Waals surface area contributed by atoms with E-state index >= 15 is 0 Å². The summed E-state index contributed by atoms with van der Waals surface area (Å²) in [5.74, 6) is -0.284. The smallest absolute Gasteiger partial charge is 0.244 e. The van der Waals surface area contributed by atoms with Gasteiger partial charge < -0.3 is 4.90 Å². The van der Waals surface area contributed by atoms with Crippen molar-refractivity contribution in [1.29, 1.82) is 0 Å². The molecule has 1 aromatic rings. The Labute approximate surface area is 117 Å². The van der Waals surface area contributed by atoms with E-state index in [0.29, 0.717) is 13.1 Å². The third-order valence-corrected chi connectivity index (χ3v) is 4.42. The standard InChI is InChI=1S/C11H16ClN3O3S/c1-3-15(4-2)11(16)8-14-19(17,18)10-7-13-6-5-9(10)12/h5-7,14H,3-4,8H2,1-2H3. The van der Waals surface area contributed by atoms with E-state index in [2.05, 4.69) is 9.71 Å². The number of carbonyl (C=O) groups is 1. The molecule has 0 radical (unpaired) electrons. The summed E-state index contributed by atoms with van der Waals surface area (Å²) in [7, 11) is -3.83. The van der Waals surface area contributed by atoms with Gasteiger partial charge in [-0.1, -0.05) is 11.6 Å². The third kappa shape index (κ3) is 4.15. The topological polar surface area (TPSA) is 79.4 Å². The van der Waals surface area contributed by atoms with Crippen LogP contribution in [-0.2, 0) is 14.8 Å². The number of hydrogen-bond donors (Lipinski definition) is 1. The fourth-order valence-corrected chi connectivity index (χ4v) is 2.89. The lowest BCUT2D eigenvalue weighted by atomic mass is 10.4. The summed E-state index contributed by atoms with van der Waals surface area (Å²) < 4.78 is 26.1. The van der Waals surface area contributed by atoms with Gasteiger partial charge >= 0.3 is 0 Å². The minimum Gasteiger partial charge on any atom is -0.342 e. The number of pyridine rings is 1. The van der Waals surface area contributed by atoms with Crippen molar-refractivity contribution in [2.24, 2.45) is 0 Å². The number of sulfonamides is 1. The first kappa shape index (κ1) is 15.9. The van der Waals surface area contributed by atoms with E-state index in [1.165, 1.54) is 17.2 Å². The van der Waals surface area contributed by atoms with Gasteiger partial charge in [-0.05, 0) is 19.9 Å². The van der Waals surface area contributed by atoms with Gasteiger partial charge in [-0.15, -0.1) is 0 Å². The van der Waals surface area contributed by atoms with Crippen LogP contribution >= 0.6 is 11.6 Å². The fourth-order valence-electron chi connectivity index (χ4n) is 1.48. The van der Waals surface area contributed by atoms with Crippen LogP contribution in [0.5, 0.6) is 0 Å². The average molecular weight is 306 g/mol. The van der Waals surface area contributed by atoms with Crippen LogP contribution in [0.25, 0.3) is 0 Å². The molecule has 106 valence electrons. The Morgan fingerprint density at radius 1 is 1.42 bits per heavy atom. The molecular weight excluding hydrogens is 290 g/mol. The highest BCUT2D eigenvalue weighted by molar-refractivity contribution is 7.89. The van der Waals surface area contributed by atoms with E-state index < -0.39 is 10.0 Å². The zero-order valence-electron chi connectivity index (χ0n) is 10.8. The van der Waals surface area contributed by atoms with Crippen molar-refractivity contribution in [3.63, 3.8) is 0 Å².